The van der Waals surface area contributed by atoms with Crippen LogP contribution in [0.1, 0.15) is 16.1 Å². The average molecular weight is 205 g/mol. The maximum atomic E-state index is 12.6. The summed E-state index contributed by atoms with van der Waals surface area (Å²) < 4.78 is 14.1. The van der Waals surface area contributed by atoms with Crippen LogP contribution in [0.2, 0.25) is 0 Å². The Morgan fingerprint density at radius 2 is 2.20 bits per heavy atom. The van der Waals surface area contributed by atoms with Gasteiger partial charge in [-0.3, -0.25) is 9.48 Å². The molecule has 0 radical (unpaired) electrons. The number of aromatic nitrogens is 3. The molecule has 15 heavy (non-hydrogen) atoms. The fourth-order valence-electron chi connectivity index (χ4n) is 1.20. The van der Waals surface area contributed by atoms with Crippen LogP contribution in [0, 0.1) is 5.82 Å². The third-order valence-electron chi connectivity index (χ3n) is 1.93. The molecule has 0 aliphatic rings. The van der Waals surface area contributed by atoms with Crippen LogP contribution in [0.3, 0.4) is 0 Å². The zero-order valence-corrected chi connectivity index (χ0v) is 8.01. The molecule has 0 amide bonds. The van der Waals surface area contributed by atoms with Crippen molar-refractivity contribution in [1.29, 1.82) is 0 Å². The van der Waals surface area contributed by atoms with Crippen molar-refractivity contribution in [2.24, 2.45) is 7.05 Å². The number of aryl methyl sites for hydroxylation is 1. The third kappa shape index (κ3) is 1.90. The van der Waals surface area contributed by atoms with Gasteiger partial charge in [-0.15, -0.1) is 0 Å². The van der Waals surface area contributed by atoms with Gasteiger partial charge in [-0.1, -0.05) is 0 Å². The lowest BCUT2D eigenvalue weighted by molar-refractivity contribution is 0.103. The molecule has 0 unspecified atom stereocenters. The van der Waals surface area contributed by atoms with E-state index in [0.717, 1.165) is 6.20 Å². The Hall–Kier alpha value is -2.04. The van der Waals surface area contributed by atoms with Gasteiger partial charge >= 0.3 is 0 Å². The van der Waals surface area contributed by atoms with Crippen molar-refractivity contribution < 1.29 is 9.18 Å². The number of hydrogen-bond acceptors (Lipinski definition) is 3. The SMILES string of the molecule is Cn1cc(C(=O)c2ccc(F)cn2)cn1. The van der Waals surface area contributed by atoms with Crippen LogP contribution in [0.5, 0.6) is 0 Å². The number of halogens is 1. The molecular weight excluding hydrogens is 197 g/mol. The van der Waals surface area contributed by atoms with Gasteiger partial charge in [0.1, 0.15) is 11.5 Å². The first-order valence-corrected chi connectivity index (χ1v) is 4.32. The molecule has 0 aromatic carbocycles. The summed E-state index contributed by atoms with van der Waals surface area (Å²) in [5, 5.41) is 3.87. The smallest absolute Gasteiger partial charge is 0.214 e. The van der Waals surface area contributed by atoms with E-state index >= 15 is 0 Å². The number of nitrogens with zero attached hydrogens (tertiary/aromatic N) is 3. The van der Waals surface area contributed by atoms with Crippen LogP contribution < -0.4 is 0 Å². The van der Waals surface area contributed by atoms with Gasteiger partial charge in [-0.25, -0.2) is 9.37 Å². The molecule has 0 atom stereocenters. The van der Waals surface area contributed by atoms with E-state index in [1.807, 2.05) is 0 Å². The molecular formula is C10H8FN3O. The van der Waals surface area contributed by atoms with Crippen molar-refractivity contribution in [3.63, 3.8) is 0 Å². The molecule has 2 aromatic rings. The monoisotopic (exact) mass is 205 g/mol. The third-order valence-corrected chi connectivity index (χ3v) is 1.93. The number of pyridine rings is 1. The Balaban J connectivity index is 2.32. The van der Waals surface area contributed by atoms with Crippen molar-refractivity contribution in [3.05, 3.63) is 47.8 Å². The largest absolute Gasteiger partial charge is 0.287 e. The standard InChI is InChI=1S/C10H8FN3O/c1-14-6-7(4-13-14)10(15)9-3-2-8(11)5-12-9/h2-6H,1H3. The zero-order valence-electron chi connectivity index (χ0n) is 8.01. The molecule has 0 aliphatic carbocycles. The van der Waals surface area contributed by atoms with Crippen LogP contribution in [-0.2, 0) is 7.05 Å². The lowest BCUT2D eigenvalue weighted by atomic mass is 10.1. The Morgan fingerprint density at radius 1 is 1.40 bits per heavy atom. The number of carbonyl (C=O) groups excluding carboxylic acids is 1. The summed E-state index contributed by atoms with van der Waals surface area (Å²) in [5.74, 6) is -0.721. The molecule has 0 N–H and O–H groups in total. The van der Waals surface area contributed by atoms with Crippen molar-refractivity contribution in [2.75, 3.05) is 0 Å². The van der Waals surface area contributed by atoms with E-state index in [1.54, 1.807) is 13.2 Å². The minimum absolute atomic E-state index is 0.212. The second-order valence-corrected chi connectivity index (χ2v) is 3.09. The van der Waals surface area contributed by atoms with Crippen LogP contribution in [0.15, 0.2) is 30.7 Å². The van der Waals surface area contributed by atoms with Crippen LogP contribution >= 0.6 is 0 Å². The molecule has 0 fully saturated rings. The number of rotatable bonds is 2. The summed E-state index contributed by atoms with van der Waals surface area (Å²) in [6.45, 7) is 0. The molecule has 76 valence electrons. The molecule has 0 saturated heterocycles. The molecule has 2 rings (SSSR count). The highest BCUT2D eigenvalue weighted by molar-refractivity contribution is 6.07. The molecule has 0 bridgehead atoms. The molecule has 4 nitrogen and oxygen atoms in total. The number of ketones is 1. The van der Waals surface area contributed by atoms with E-state index in [1.165, 1.54) is 23.0 Å². The molecule has 0 saturated carbocycles. The normalized spacial score (nSPS) is 10.3. The van der Waals surface area contributed by atoms with E-state index in [0.29, 0.717) is 5.56 Å². The van der Waals surface area contributed by atoms with Gasteiger partial charge in [-0.05, 0) is 12.1 Å². The highest BCUT2D eigenvalue weighted by Crippen LogP contribution is 2.06. The second kappa shape index (κ2) is 3.61. The average Bonchev–Trinajstić information content (AvgIpc) is 2.65. The van der Waals surface area contributed by atoms with Crippen LogP contribution in [0.25, 0.3) is 0 Å². The first-order chi connectivity index (χ1) is 7.16. The first-order valence-electron chi connectivity index (χ1n) is 4.32. The highest BCUT2D eigenvalue weighted by atomic mass is 19.1. The predicted molar refractivity (Wildman–Crippen MR) is 50.8 cm³/mol. The lowest BCUT2D eigenvalue weighted by Crippen LogP contribution is -2.02. The van der Waals surface area contributed by atoms with E-state index in [2.05, 4.69) is 10.1 Å². The Kier molecular flexibility index (Phi) is 2.29. The van der Waals surface area contributed by atoms with Crippen molar-refractivity contribution in [1.82, 2.24) is 14.8 Å². The van der Waals surface area contributed by atoms with Gasteiger partial charge < -0.3 is 0 Å². The highest BCUT2D eigenvalue weighted by Gasteiger charge is 2.11. The summed E-state index contributed by atoms with van der Waals surface area (Å²) >= 11 is 0. The van der Waals surface area contributed by atoms with Crippen LogP contribution in [0.4, 0.5) is 4.39 Å². The maximum absolute atomic E-state index is 12.6. The van der Waals surface area contributed by atoms with Gasteiger partial charge in [-0.2, -0.15) is 5.10 Å². The summed E-state index contributed by atoms with van der Waals surface area (Å²) in [5.41, 5.74) is 0.654. The summed E-state index contributed by atoms with van der Waals surface area (Å²) in [6.07, 6.45) is 4.06. The van der Waals surface area contributed by atoms with Gasteiger partial charge in [0.15, 0.2) is 0 Å². The Morgan fingerprint density at radius 3 is 2.73 bits per heavy atom. The summed E-state index contributed by atoms with van der Waals surface area (Å²) in [7, 11) is 1.72. The summed E-state index contributed by atoms with van der Waals surface area (Å²) in [6, 6.07) is 2.56. The van der Waals surface area contributed by atoms with Crippen molar-refractivity contribution in [3.8, 4) is 0 Å². The van der Waals surface area contributed by atoms with Gasteiger partial charge in [0, 0.05) is 13.2 Å². The second-order valence-electron chi connectivity index (χ2n) is 3.09. The first kappa shape index (κ1) is 9.51. The number of carbonyl (C=O) groups is 1. The van der Waals surface area contributed by atoms with E-state index in [4.69, 9.17) is 0 Å². The van der Waals surface area contributed by atoms with Gasteiger partial charge in [0.25, 0.3) is 0 Å². The quantitative estimate of drug-likeness (QED) is 0.692. The summed E-state index contributed by atoms with van der Waals surface area (Å²) in [4.78, 5) is 15.4. The molecule has 5 heteroatoms. The van der Waals surface area contributed by atoms with E-state index in [-0.39, 0.29) is 11.5 Å². The fraction of sp³-hybridized carbons (Fsp3) is 0.100. The van der Waals surface area contributed by atoms with Crippen molar-refractivity contribution in [2.45, 2.75) is 0 Å². The molecule has 2 aromatic heterocycles. The zero-order chi connectivity index (χ0) is 10.8. The topological polar surface area (TPSA) is 47.8 Å². The van der Waals surface area contributed by atoms with Gasteiger partial charge in [0.05, 0.1) is 18.0 Å². The maximum Gasteiger partial charge on any atom is 0.214 e. The molecule has 2 heterocycles. The van der Waals surface area contributed by atoms with E-state index < -0.39 is 5.82 Å². The fourth-order valence-corrected chi connectivity index (χ4v) is 1.20. The van der Waals surface area contributed by atoms with E-state index in [9.17, 15) is 9.18 Å². The predicted octanol–water partition coefficient (Wildman–Crippen LogP) is 1.19. The Labute approximate surface area is 85.4 Å². The number of hydrogen-bond donors (Lipinski definition) is 0. The molecule has 0 spiro atoms. The Bertz CT molecular complexity index is 490. The minimum atomic E-state index is -0.460. The minimum Gasteiger partial charge on any atom is -0.287 e. The van der Waals surface area contributed by atoms with Crippen LogP contribution in [-0.4, -0.2) is 20.5 Å². The molecule has 0 aliphatic heterocycles. The van der Waals surface area contributed by atoms with Gasteiger partial charge in [0.2, 0.25) is 5.78 Å². The lowest BCUT2D eigenvalue weighted by Gasteiger charge is -1.95. The van der Waals surface area contributed by atoms with Crippen molar-refractivity contribution >= 4 is 5.78 Å².